The van der Waals surface area contributed by atoms with Gasteiger partial charge in [0.05, 0.1) is 12.1 Å². The fourth-order valence-corrected chi connectivity index (χ4v) is 1.93. The number of nitrogens with one attached hydrogen (secondary N) is 3. The largest absolute Gasteiger partial charge is 0.390 e. The molecule has 15 heavy (non-hydrogen) atoms. The second-order valence-corrected chi connectivity index (χ2v) is 4.02. The summed E-state index contributed by atoms with van der Waals surface area (Å²) in [6.07, 6.45) is -0.461. The van der Waals surface area contributed by atoms with Gasteiger partial charge in [0, 0.05) is 39.3 Å². The molecule has 2 heterocycles. The first-order valence-electron chi connectivity index (χ1n) is 5.42. The molecule has 0 radical (unpaired) electrons. The Balaban J connectivity index is 1.80. The average molecular weight is 214 g/mol. The zero-order valence-electron chi connectivity index (χ0n) is 8.70. The van der Waals surface area contributed by atoms with Crippen molar-refractivity contribution in [3.05, 3.63) is 0 Å². The lowest BCUT2D eigenvalue weighted by Crippen LogP contribution is -2.54. The Bertz CT molecular complexity index is 230. The highest BCUT2D eigenvalue weighted by Gasteiger charge is 2.28. The minimum atomic E-state index is -0.461. The lowest BCUT2D eigenvalue weighted by atomic mass is 10.2. The Morgan fingerprint density at radius 3 is 2.60 bits per heavy atom. The number of urea groups is 1. The Labute approximate surface area is 89.0 Å². The molecule has 0 aliphatic carbocycles. The van der Waals surface area contributed by atoms with Crippen LogP contribution in [0, 0.1) is 0 Å². The first kappa shape index (κ1) is 10.7. The first-order chi connectivity index (χ1) is 7.27. The Hall–Kier alpha value is -0.850. The molecule has 4 N–H and O–H groups in total. The van der Waals surface area contributed by atoms with Gasteiger partial charge in [-0.1, -0.05) is 0 Å². The second kappa shape index (κ2) is 4.78. The molecule has 0 unspecified atom stereocenters. The van der Waals surface area contributed by atoms with Crippen LogP contribution in [0.3, 0.4) is 0 Å². The maximum Gasteiger partial charge on any atom is 0.317 e. The van der Waals surface area contributed by atoms with Crippen molar-refractivity contribution in [2.45, 2.75) is 12.1 Å². The summed E-state index contributed by atoms with van der Waals surface area (Å²) in [5.41, 5.74) is 0. The van der Waals surface area contributed by atoms with E-state index in [9.17, 15) is 9.90 Å². The van der Waals surface area contributed by atoms with Gasteiger partial charge in [0.25, 0.3) is 0 Å². The number of hydrogen-bond acceptors (Lipinski definition) is 4. The molecule has 0 aromatic carbocycles. The normalized spacial score (nSPS) is 31.7. The van der Waals surface area contributed by atoms with Gasteiger partial charge >= 0.3 is 6.03 Å². The van der Waals surface area contributed by atoms with Crippen molar-refractivity contribution in [1.29, 1.82) is 0 Å². The van der Waals surface area contributed by atoms with Crippen molar-refractivity contribution in [2.75, 3.05) is 39.3 Å². The van der Waals surface area contributed by atoms with Crippen molar-refractivity contribution < 1.29 is 9.90 Å². The highest BCUT2D eigenvalue weighted by atomic mass is 16.3. The van der Waals surface area contributed by atoms with E-state index in [4.69, 9.17) is 0 Å². The van der Waals surface area contributed by atoms with Gasteiger partial charge in [0.2, 0.25) is 0 Å². The molecule has 6 nitrogen and oxygen atoms in total. The lowest BCUT2D eigenvalue weighted by molar-refractivity contribution is 0.148. The van der Waals surface area contributed by atoms with Crippen LogP contribution in [0.4, 0.5) is 4.79 Å². The van der Waals surface area contributed by atoms with Crippen LogP contribution in [0.1, 0.15) is 0 Å². The topological polar surface area (TPSA) is 76.6 Å². The second-order valence-electron chi connectivity index (χ2n) is 4.02. The van der Waals surface area contributed by atoms with Crippen LogP contribution in [0.5, 0.6) is 0 Å². The van der Waals surface area contributed by atoms with E-state index in [0.29, 0.717) is 13.1 Å². The fourth-order valence-electron chi connectivity index (χ4n) is 1.93. The molecular formula is C9H18N4O2. The molecule has 2 fully saturated rings. The third-order valence-corrected chi connectivity index (χ3v) is 2.90. The van der Waals surface area contributed by atoms with E-state index in [2.05, 4.69) is 16.0 Å². The number of nitrogens with zero attached hydrogens (tertiary/aromatic N) is 1. The quantitative estimate of drug-likeness (QED) is 0.405. The van der Waals surface area contributed by atoms with Gasteiger partial charge in [-0.2, -0.15) is 0 Å². The molecule has 86 valence electrons. The van der Waals surface area contributed by atoms with Gasteiger partial charge in [-0.3, -0.25) is 0 Å². The van der Waals surface area contributed by atoms with Crippen LogP contribution in [0.15, 0.2) is 0 Å². The third kappa shape index (κ3) is 2.58. The molecule has 2 atom stereocenters. The number of hydrogen-bond donors (Lipinski definition) is 4. The Kier molecular flexibility index (Phi) is 3.40. The minimum absolute atomic E-state index is 0.0655. The number of amides is 2. The van der Waals surface area contributed by atoms with Crippen LogP contribution < -0.4 is 16.0 Å². The molecule has 0 aromatic heterocycles. The molecule has 0 spiro atoms. The van der Waals surface area contributed by atoms with E-state index in [1.54, 1.807) is 4.90 Å². The summed E-state index contributed by atoms with van der Waals surface area (Å²) in [4.78, 5) is 13.5. The monoisotopic (exact) mass is 214 g/mol. The van der Waals surface area contributed by atoms with Crippen LogP contribution in [-0.2, 0) is 0 Å². The number of β-amino-alcohol motifs (C(OH)–C–C–N with tert-alkyl or cyclic N) is 1. The summed E-state index contributed by atoms with van der Waals surface area (Å²) in [6.45, 7) is 4.38. The highest BCUT2D eigenvalue weighted by Crippen LogP contribution is 2.01. The van der Waals surface area contributed by atoms with Gasteiger partial charge < -0.3 is 26.0 Å². The number of piperazine rings is 1. The predicted molar refractivity (Wildman–Crippen MR) is 55.6 cm³/mol. The number of carbonyl (C=O) groups is 1. The van der Waals surface area contributed by atoms with E-state index in [1.807, 2.05) is 0 Å². The van der Waals surface area contributed by atoms with E-state index >= 15 is 0 Å². The van der Waals surface area contributed by atoms with Gasteiger partial charge in [0.1, 0.15) is 0 Å². The molecule has 6 heteroatoms. The lowest BCUT2D eigenvalue weighted by Gasteiger charge is -2.29. The van der Waals surface area contributed by atoms with E-state index in [1.165, 1.54) is 0 Å². The van der Waals surface area contributed by atoms with Crippen molar-refractivity contribution in [3.63, 3.8) is 0 Å². The molecule has 0 bridgehead atoms. The molecule has 2 amide bonds. The molecule has 2 saturated heterocycles. The summed E-state index contributed by atoms with van der Waals surface area (Å²) in [5.74, 6) is 0. The van der Waals surface area contributed by atoms with Crippen LogP contribution in [-0.4, -0.2) is 67.5 Å². The van der Waals surface area contributed by atoms with E-state index < -0.39 is 6.10 Å². The van der Waals surface area contributed by atoms with Crippen molar-refractivity contribution in [2.24, 2.45) is 0 Å². The van der Waals surface area contributed by atoms with E-state index in [-0.39, 0.29) is 12.1 Å². The summed E-state index contributed by atoms with van der Waals surface area (Å²) >= 11 is 0. The zero-order valence-corrected chi connectivity index (χ0v) is 8.70. The van der Waals surface area contributed by atoms with Gasteiger partial charge in [-0.05, 0) is 0 Å². The summed E-state index contributed by atoms with van der Waals surface area (Å²) in [6, 6.07) is -0.211. The molecule has 2 aliphatic rings. The summed E-state index contributed by atoms with van der Waals surface area (Å²) < 4.78 is 0. The number of aliphatic hydroxyl groups is 1. The van der Waals surface area contributed by atoms with Crippen LogP contribution >= 0.6 is 0 Å². The highest BCUT2D eigenvalue weighted by molar-refractivity contribution is 5.74. The maximum absolute atomic E-state index is 11.7. The van der Waals surface area contributed by atoms with Crippen molar-refractivity contribution in [1.82, 2.24) is 20.9 Å². The minimum Gasteiger partial charge on any atom is -0.390 e. The molecule has 2 rings (SSSR count). The smallest absolute Gasteiger partial charge is 0.317 e. The SMILES string of the molecule is O=C(N[C@H]1CNC[C@@H]1O)N1CCNCC1. The summed E-state index contributed by atoms with van der Waals surface area (Å²) in [7, 11) is 0. The van der Waals surface area contributed by atoms with Crippen LogP contribution in [0.2, 0.25) is 0 Å². The van der Waals surface area contributed by atoms with E-state index in [0.717, 1.165) is 26.2 Å². The van der Waals surface area contributed by atoms with Crippen molar-refractivity contribution in [3.8, 4) is 0 Å². The number of aliphatic hydroxyl groups excluding tert-OH is 1. The standard InChI is InChI=1S/C9H18N4O2/c14-8-6-11-5-7(8)12-9(15)13-3-1-10-2-4-13/h7-8,10-11,14H,1-6H2,(H,12,15)/t7-,8-/m0/s1. The summed E-state index contributed by atoms with van der Waals surface area (Å²) in [5, 5.41) is 18.6. The zero-order chi connectivity index (χ0) is 10.7. The van der Waals surface area contributed by atoms with Gasteiger partial charge in [0.15, 0.2) is 0 Å². The molecule has 2 aliphatic heterocycles. The molecular weight excluding hydrogens is 196 g/mol. The number of carbonyl (C=O) groups excluding carboxylic acids is 1. The van der Waals surface area contributed by atoms with Gasteiger partial charge in [-0.25, -0.2) is 4.79 Å². The van der Waals surface area contributed by atoms with Crippen molar-refractivity contribution >= 4 is 6.03 Å². The fraction of sp³-hybridized carbons (Fsp3) is 0.889. The average Bonchev–Trinajstić information content (AvgIpc) is 2.66. The maximum atomic E-state index is 11.7. The van der Waals surface area contributed by atoms with Crippen LogP contribution in [0.25, 0.3) is 0 Å². The van der Waals surface area contributed by atoms with Gasteiger partial charge in [-0.15, -0.1) is 0 Å². The predicted octanol–water partition coefficient (Wildman–Crippen LogP) is -2.07. The first-order valence-corrected chi connectivity index (χ1v) is 5.42. The molecule has 0 saturated carbocycles. The Morgan fingerprint density at radius 1 is 1.27 bits per heavy atom. The molecule has 0 aromatic rings. The third-order valence-electron chi connectivity index (χ3n) is 2.90. The Morgan fingerprint density at radius 2 is 2.00 bits per heavy atom. The number of rotatable bonds is 1.